The van der Waals surface area contributed by atoms with Crippen molar-refractivity contribution in [3.63, 3.8) is 0 Å². The van der Waals surface area contributed by atoms with Gasteiger partial charge in [0.15, 0.2) is 23.1 Å². The lowest BCUT2D eigenvalue weighted by Gasteiger charge is -2.29. The number of aliphatic hydroxyl groups excluding tert-OH is 4. The Morgan fingerprint density at radius 1 is 0.373 bits per heavy atom. The minimum absolute atomic E-state index is 0.00973. The molecule has 0 spiro atoms. The van der Waals surface area contributed by atoms with Crippen molar-refractivity contribution < 1.29 is 63.7 Å². The highest BCUT2D eigenvalue weighted by molar-refractivity contribution is 6.31. The first-order valence-electron chi connectivity index (χ1n) is 26.6. The van der Waals surface area contributed by atoms with E-state index in [4.69, 9.17) is 65.4 Å². The molecule has 0 bridgehead atoms. The number of ketones is 4. The summed E-state index contributed by atoms with van der Waals surface area (Å²) >= 11 is 23.7. The highest BCUT2D eigenvalue weighted by Gasteiger charge is 2.39. The number of rotatable bonds is 9. The third-order valence-electron chi connectivity index (χ3n) is 14.6. The summed E-state index contributed by atoms with van der Waals surface area (Å²) < 4.78 is 22.3. The van der Waals surface area contributed by atoms with Crippen LogP contribution in [0.1, 0.15) is 101 Å². The average molecular weight is 1200 g/mol. The number of aryl methyl sites for hydroxylation is 1. The van der Waals surface area contributed by atoms with Crippen molar-refractivity contribution in [2.75, 3.05) is 26.4 Å². The molecule has 0 saturated carbocycles. The fourth-order valence-corrected chi connectivity index (χ4v) is 10.8. The van der Waals surface area contributed by atoms with Gasteiger partial charge in [-0.05, 0) is 103 Å². The first-order chi connectivity index (χ1) is 40.0. The maximum absolute atomic E-state index is 12.7. The van der Waals surface area contributed by atoms with Crippen molar-refractivity contribution in [2.45, 2.75) is 37.8 Å². The van der Waals surface area contributed by atoms with Crippen molar-refractivity contribution in [1.29, 1.82) is 0 Å². The number of phenolic OH excluding ortho intramolecular Hbond substituents is 1. The minimum atomic E-state index is -0.984. The molecule has 0 amide bonds. The summed E-state index contributed by atoms with van der Waals surface area (Å²) in [5, 5.41) is 53.2. The Labute approximate surface area is 499 Å². The van der Waals surface area contributed by atoms with Gasteiger partial charge in [0.25, 0.3) is 0 Å². The van der Waals surface area contributed by atoms with Crippen LogP contribution in [0.3, 0.4) is 0 Å². The molecule has 4 heterocycles. The molecule has 0 aromatic heterocycles. The lowest BCUT2D eigenvalue weighted by Crippen LogP contribution is -2.32. The van der Waals surface area contributed by atoms with Gasteiger partial charge in [-0.3, -0.25) is 19.2 Å². The lowest BCUT2D eigenvalue weighted by atomic mass is 9.86. The smallest absolute Gasteiger partial charge is 0.172 e. The molecule has 4 aliphatic rings. The Hall–Kier alpha value is -7.56. The number of para-hydroxylation sites is 1. The van der Waals surface area contributed by atoms with E-state index in [1.54, 1.807) is 115 Å². The van der Waals surface area contributed by atoms with E-state index in [-0.39, 0.29) is 55.3 Å². The standard InChI is InChI=1S/C18H17ClO3.C16H12Cl2O3.C16H13ClO4.C16H14O3/c1-2-11-4-3-5-12(8-11)17(20)15-10-22-16-7-6-13(19)9-14(16)18(15)21;17-10-3-1-2-9(6-10)15(19)13-8-21-14-5-4-11(18)7-12(14)16(13)20;17-10-4-5-14-12(7-10)16(20)13(8-21-14)15(19)9-2-1-3-11(18)6-9;17-15(11-6-2-1-3-7-11)13-10-19-14-9-5-4-8-12(14)16(13)18/h3-9,15,18,21H,2,10H2,1H3;1-7,13,16,20H,8H2;1-7,13,16,18,20H,8H2;1-9,13,16,18H,10H2. The van der Waals surface area contributed by atoms with Gasteiger partial charge in [-0.15, -0.1) is 0 Å². The first-order valence-corrected chi connectivity index (χ1v) is 28.1. The topological polar surface area (TPSA) is 206 Å². The van der Waals surface area contributed by atoms with Crippen LogP contribution in [-0.2, 0) is 6.42 Å². The lowest BCUT2D eigenvalue weighted by molar-refractivity contribution is 0.0408. The van der Waals surface area contributed by atoms with Gasteiger partial charge in [-0.2, -0.15) is 0 Å². The number of carbonyl (C=O) groups is 4. The van der Waals surface area contributed by atoms with E-state index in [1.807, 2.05) is 61.5 Å². The Morgan fingerprint density at radius 3 is 1.17 bits per heavy atom. The quantitative estimate of drug-likeness (QED) is 0.0854. The second kappa shape index (κ2) is 27.2. The second-order valence-electron chi connectivity index (χ2n) is 20.0. The molecule has 0 saturated heterocycles. The molecular weight excluding hydrogens is 1140 g/mol. The predicted octanol–water partition coefficient (Wildman–Crippen LogP) is 13.3. The van der Waals surface area contributed by atoms with Gasteiger partial charge in [0, 0.05) is 64.6 Å². The van der Waals surface area contributed by atoms with Gasteiger partial charge >= 0.3 is 0 Å². The van der Waals surface area contributed by atoms with E-state index in [1.165, 1.54) is 12.1 Å². The molecule has 4 aliphatic heterocycles. The van der Waals surface area contributed by atoms with Crippen molar-refractivity contribution in [3.8, 4) is 28.7 Å². The van der Waals surface area contributed by atoms with Crippen LogP contribution in [0.4, 0.5) is 0 Å². The number of hydrogen-bond acceptors (Lipinski definition) is 13. The largest absolute Gasteiger partial charge is 0.508 e. The van der Waals surface area contributed by atoms with Crippen LogP contribution in [0.15, 0.2) is 182 Å². The van der Waals surface area contributed by atoms with E-state index in [0.29, 0.717) is 87.6 Å². The van der Waals surface area contributed by atoms with Gasteiger partial charge in [-0.25, -0.2) is 0 Å². The number of carbonyl (C=O) groups excluding carboxylic acids is 4. The number of Topliss-reactive ketones (excluding diaryl/α,β-unsaturated/α-hetero) is 4. The van der Waals surface area contributed by atoms with E-state index in [2.05, 4.69) is 0 Å². The molecular formula is C66H56Cl4O13. The summed E-state index contributed by atoms with van der Waals surface area (Å²) in [5.41, 5.74) is 5.41. The third kappa shape index (κ3) is 14.1. The highest BCUT2D eigenvalue weighted by Crippen LogP contribution is 2.42. The van der Waals surface area contributed by atoms with Crippen LogP contribution in [0.2, 0.25) is 20.1 Å². The average Bonchev–Trinajstić information content (AvgIpc) is 3.59. The number of fused-ring (bicyclic) bond motifs is 4. The molecule has 17 heteroatoms. The van der Waals surface area contributed by atoms with Crippen LogP contribution in [0.5, 0.6) is 28.7 Å². The number of phenols is 1. The van der Waals surface area contributed by atoms with Crippen molar-refractivity contribution in [2.24, 2.45) is 23.7 Å². The molecule has 8 unspecified atom stereocenters. The Kier molecular flexibility index (Phi) is 19.7. The summed E-state index contributed by atoms with van der Waals surface area (Å²) in [6.07, 6.45) is -2.78. The molecule has 8 aromatic rings. The van der Waals surface area contributed by atoms with Gasteiger partial charge in [-0.1, -0.05) is 144 Å². The summed E-state index contributed by atoms with van der Waals surface area (Å²) in [5.74, 6) is -0.863. The van der Waals surface area contributed by atoms with Crippen LogP contribution in [-0.4, -0.2) is 75.1 Å². The zero-order chi connectivity index (χ0) is 58.9. The van der Waals surface area contributed by atoms with Crippen LogP contribution >= 0.6 is 46.4 Å². The van der Waals surface area contributed by atoms with Crippen LogP contribution in [0, 0.1) is 23.7 Å². The molecule has 426 valence electrons. The molecule has 83 heavy (non-hydrogen) atoms. The Morgan fingerprint density at radius 2 is 0.723 bits per heavy atom. The summed E-state index contributed by atoms with van der Waals surface area (Å²) in [6, 6.07) is 51.6. The van der Waals surface area contributed by atoms with Gasteiger partial charge in [0.2, 0.25) is 0 Å². The van der Waals surface area contributed by atoms with Crippen molar-refractivity contribution >= 4 is 69.5 Å². The predicted molar refractivity (Wildman–Crippen MR) is 316 cm³/mol. The fourth-order valence-electron chi connectivity index (χ4n) is 10.0. The zero-order valence-electron chi connectivity index (χ0n) is 44.5. The first kappa shape index (κ1) is 60.0. The zero-order valence-corrected chi connectivity index (χ0v) is 47.5. The molecule has 5 N–H and O–H groups in total. The number of halogens is 4. The molecule has 0 aliphatic carbocycles. The number of benzene rings is 8. The van der Waals surface area contributed by atoms with Gasteiger partial charge in [0.05, 0.1) is 48.1 Å². The molecule has 8 aromatic carbocycles. The molecule has 12 rings (SSSR count). The van der Waals surface area contributed by atoms with E-state index in [0.717, 1.165) is 12.0 Å². The molecule has 0 radical (unpaired) electrons. The van der Waals surface area contributed by atoms with E-state index in [9.17, 15) is 44.7 Å². The van der Waals surface area contributed by atoms with E-state index < -0.39 is 48.1 Å². The van der Waals surface area contributed by atoms with Crippen LogP contribution in [0.25, 0.3) is 0 Å². The molecule has 13 nitrogen and oxygen atoms in total. The SMILES string of the molecule is CCc1cccc(C(=O)C2COc3ccc(Cl)cc3C2O)c1.O=C(c1cccc(Cl)c1)C1COc2ccc(Cl)cc2C1O.O=C(c1cccc(O)c1)C1COc2ccc(Cl)cc2C1O.O=C(c1ccccc1)C1COc2ccccc2C1O. The normalized spacial score (nSPS) is 20.6. The van der Waals surface area contributed by atoms with Gasteiger partial charge in [0.1, 0.15) is 55.2 Å². The monoisotopic (exact) mass is 1200 g/mol. The van der Waals surface area contributed by atoms with Gasteiger partial charge < -0.3 is 44.5 Å². The van der Waals surface area contributed by atoms with Crippen LogP contribution < -0.4 is 18.9 Å². The number of aromatic hydroxyl groups is 1. The number of ether oxygens (including phenoxy) is 4. The fraction of sp³-hybridized carbons (Fsp3) is 0.212. The van der Waals surface area contributed by atoms with Crippen molar-refractivity contribution in [3.05, 3.63) is 252 Å². The number of hydrogen-bond donors (Lipinski definition) is 5. The summed E-state index contributed by atoms with van der Waals surface area (Å²) in [6.45, 7) is 2.64. The summed E-state index contributed by atoms with van der Waals surface area (Å²) in [4.78, 5) is 50.1. The maximum atomic E-state index is 12.7. The third-order valence-corrected chi connectivity index (χ3v) is 15.5. The highest BCUT2D eigenvalue weighted by atomic mass is 35.5. The molecule has 0 fully saturated rings. The second-order valence-corrected chi connectivity index (χ2v) is 21.7. The Balaban J connectivity index is 0.000000133. The molecule has 8 atom stereocenters. The summed E-state index contributed by atoms with van der Waals surface area (Å²) in [7, 11) is 0. The van der Waals surface area contributed by atoms with E-state index >= 15 is 0 Å². The number of aliphatic hydroxyl groups is 4. The van der Waals surface area contributed by atoms with Crippen molar-refractivity contribution in [1.82, 2.24) is 0 Å². The maximum Gasteiger partial charge on any atom is 0.172 e. The Bertz CT molecular complexity index is 3530. The minimum Gasteiger partial charge on any atom is -0.508 e.